The molecule has 1 heterocycles. The molecule has 0 aliphatic carbocycles. The standard InChI is InChI=1S/C26H30ClN3O3/c1-17(2)18(3)30(26(32)24-11-8-14-33-24)16-19-15-20(12-13-23(19)29(4)5)28-25(31)21-9-6-7-10-22(21)27/h6-15,17-18H,16H2,1-5H3,(H,28,31). The molecular formula is C26H30ClN3O3. The van der Waals surface area contributed by atoms with E-state index in [0.717, 1.165) is 11.3 Å². The Balaban J connectivity index is 1.94. The molecule has 1 N–H and O–H groups in total. The minimum absolute atomic E-state index is 0.0287. The van der Waals surface area contributed by atoms with Gasteiger partial charge in [0, 0.05) is 38.1 Å². The summed E-state index contributed by atoms with van der Waals surface area (Å²) >= 11 is 6.18. The first-order valence-corrected chi connectivity index (χ1v) is 11.3. The minimum atomic E-state index is -0.289. The molecule has 33 heavy (non-hydrogen) atoms. The third-order valence-electron chi connectivity index (χ3n) is 5.73. The van der Waals surface area contributed by atoms with Crippen molar-refractivity contribution in [2.24, 2.45) is 5.92 Å². The molecule has 1 unspecified atom stereocenters. The summed E-state index contributed by atoms with van der Waals surface area (Å²) in [4.78, 5) is 29.8. The van der Waals surface area contributed by atoms with Gasteiger partial charge in [0.1, 0.15) is 0 Å². The van der Waals surface area contributed by atoms with Crippen LogP contribution in [0.4, 0.5) is 11.4 Å². The zero-order valence-corrected chi connectivity index (χ0v) is 20.4. The van der Waals surface area contributed by atoms with Gasteiger partial charge in [0.15, 0.2) is 5.76 Å². The number of anilines is 2. The lowest BCUT2D eigenvalue weighted by molar-refractivity contribution is 0.0595. The van der Waals surface area contributed by atoms with Gasteiger partial charge in [-0.3, -0.25) is 9.59 Å². The fraction of sp³-hybridized carbons (Fsp3) is 0.308. The Hall–Kier alpha value is -3.25. The summed E-state index contributed by atoms with van der Waals surface area (Å²) < 4.78 is 5.39. The van der Waals surface area contributed by atoms with E-state index in [1.54, 1.807) is 36.4 Å². The molecule has 0 saturated carbocycles. The zero-order valence-electron chi connectivity index (χ0n) is 19.6. The van der Waals surface area contributed by atoms with Crippen molar-refractivity contribution in [1.29, 1.82) is 0 Å². The number of nitrogens with zero attached hydrogens (tertiary/aromatic N) is 2. The Morgan fingerprint density at radius 2 is 1.76 bits per heavy atom. The van der Waals surface area contributed by atoms with Crippen molar-refractivity contribution in [1.82, 2.24) is 4.90 Å². The molecule has 3 rings (SSSR count). The van der Waals surface area contributed by atoms with Gasteiger partial charge in [0.2, 0.25) is 0 Å². The van der Waals surface area contributed by atoms with Gasteiger partial charge < -0.3 is 19.5 Å². The molecule has 0 bridgehead atoms. The van der Waals surface area contributed by atoms with Crippen molar-refractivity contribution >= 4 is 34.8 Å². The second kappa shape index (κ2) is 10.6. The molecule has 1 aromatic heterocycles. The summed E-state index contributed by atoms with van der Waals surface area (Å²) in [7, 11) is 3.90. The molecule has 7 heteroatoms. The smallest absolute Gasteiger partial charge is 0.290 e. The van der Waals surface area contributed by atoms with Gasteiger partial charge in [-0.05, 0) is 60.9 Å². The van der Waals surface area contributed by atoms with E-state index in [4.69, 9.17) is 16.0 Å². The number of rotatable bonds is 8. The van der Waals surface area contributed by atoms with E-state index >= 15 is 0 Å². The van der Waals surface area contributed by atoms with Crippen molar-refractivity contribution in [3.05, 3.63) is 82.8 Å². The molecule has 0 saturated heterocycles. The number of carbonyl (C=O) groups excluding carboxylic acids is 2. The molecule has 0 fully saturated rings. The first-order valence-electron chi connectivity index (χ1n) is 10.9. The number of hydrogen-bond donors (Lipinski definition) is 1. The van der Waals surface area contributed by atoms with Crippen molar-refractivity contribution in [3.63, 3.8) is 0 Å². The van der Waals surface area contributed by atoms with Crippen molar-refractivity contribution in [2.45, 2.75) is 33.4 Å². The van der Waals surface area contributed by atoms with Crippen LogP contribution in [0.2, 0.25) is 5.02 Å². The van der Waals surface area contributed by atoms with E-state index < -0.39 is 0 Å². The van der Waals surface area contributed by atoms with Crippen LogP contribution >= 0.6 is 11.6 Å². The van der Waals surface area contributed by atoms with Gasteiger partial charge in [-0.15, -0.1) is 0 Å². The SMILES string of the molecule is CC(C)C(C)N(Cc1cc(NC(=O)c2ccccc2Cl)ccc1N(C)C)C(=O)c1ccco1. The molecule has 1 atom stereocenters. The van der Waals surface area contributed by atoms with E-state index in [1.807, 2.05) is 49.0 Å². The monoisotopic (exact) mass is 467 g/mol. The van der Waals surface area contributed by atoms with Gasteiger partial charge in [-0.25, -0.2) is 0 Å². The third kappa shape index (κ3) is 5.76. The highest BCUT2D eigenvalue weighted by Crippen LogP contribution is 2.28. The van der Waals surface area contributed by atoms with E-state index in [9.17, 15) is 9.59 Å². The summed E-state index contributed by atoms with van der Waals surface area (Å²) in [6.45, 7) is 6.56. The molecule has 0 radical (unpaired) electrons. The molecule has 2 aromatic carbocycles. The summed E-state index contributed by atoms with van der Waals surface area (Å²) in [5.41, 5.74) is 2.90. The van der Waals surface area contributed by atoms with Gasteiger partial charge in [-0.2, -0.15) is 0 Å². The molecule has 3 aromatic rings. The highest BCUT2D eigenvalue weighted by molar-refractivity contribution is 6.34. The van der Waals surface area contributed by atoms with Crippen LogP contribution < -0.4 is 10.2 Å². The molecule has 6 nitrogen and oxygen atoms in total. The van der Waals surface area contributed by atoms with E-state index in [2.05, 4.69) is 19.2 Å². The van der Waals surface area contributed by atoms with Crippen LogP contribution in [0.25, 0.3) is 0 Å². The van der Waals surface area contributed by atoms with E-state index in [-0.39, 0.29) is 23.8 Å². The fourth-order valence-corrected chi connectivity index (χ4v) is 3.78. The number of hydrogen-bond acceptors (Lipinski definition) is 4. The van der Waals surface area contributed by atoms with Gasteiger partial charge in [-0.1, -0.05) is 37.6 Å². The second-order valence-corrected chi connectivity index (χ2v) is 8.97. The number of furan rings is 1. The van der Waals surface area contributed by atoms with Crippen LogP contribution in [-0.2, 0) is 6.54 Å². The number of nitrogens with one attached hydrogen (secondary N) is 1. The lowest BCUT2D eigenvalue weighted by Crippen LogP contribution is -2.41. The normalized spacial score (nSPS) is 11.8. The summed E-state index contributed by atoms with van der Waals surface area (Å²) in [6, 6.07) is 16.0. The largest absolute Gasteiger partial charge is 0.459 e. The molecule has 174 valence electrons. The molecule has 0 spiro atoms. The lowest BCUT2D eigenvalue weighted by atomic mass is 10.0. The average Bonchev–Trinajstić information content (AvgIpc) is 3.31. The molecular weight excluding hydrogens is 438 g/mol. The third-order valence-corrected chi connectivity index (χ3v) is 6.06. The number of carbonyl (C=O) groups is 2. The van der Waals surface area contributed by atoms with Crippen LogP contribution in [0.1, 0.15) is 47.2 Å². The van der Waals surface area contributed by atoms with Crippen LogP contribution in [0.15, 0.2) is 65.3 Å². The Labute approximate surface area is 200 Å². The molecule has 2 amide bonds. The van der Waals surface area contributed by atoms with E-state index in [0.29, 0.717) is 28.6 Å². The Bertz CT molecular complexity index is 1110. The maximum atomic E-state index is 13.3. The van der Waals surface area contributed by atoms with Crippen molar-refractivity contribution in [3.8, 4) is 0 Å². The summed E-state index contributed by atoms with van der Waals surface area (Å²) in [5.74, 6) is 0.0894. The fourth-order valence-electron chi connectivity index (χ4n) is 3.56. The minimum Gasteiger partial charge on any atom is -0.459 e. The zero-order chi connectivity index (χ0) is 24.1. The van der Waals surface area contributed by atoms with E-state index in [1.165, 1.54) is 6.26 Å². The van der Waals surface area contributed by atoms with Gasteiger partial charge >= 0.3 is 0 Å². The average molecular weight is 468 g/mol. The molecule has 0 aliphatic heterocycles. The first-order chi connectivity index (χ1) is 15.7. The van der Waals surface area contributed by atoms with Crippen molar-refractivity contribution < 1.29 is 14.0 Å². The predicted octanol–water partition coefficient (Wildman–Crippen LogP) is 5.94. The summed E-state index contributed by atoms with van der Waals surface area (Å²) in [5, 5.41) is 3.31. The number of halogens is 1. The van der Waals surface area contributed by atoms with Crippen molar-refractivity contribution in [2.75, 3.05) is 24.3 Å². The topological polar surface area (TPSA) is 65.8 Å². The van der Waals surface area contributed by atoms with Crippen LogP contribution in [-0.4, -0.2) is 36.9 Å². The van der Waals surface area contributed by atoms with Gasteiger partial charge in [0.05, 0.1) is 16.8 Å². The quantitative estimate of drug-likeness (QED) is 0.445. The Morgan fingerprint density at radius 3 is 2.36 bits per heavy atom. The maximum absolute atomic E-state index is 13.3. The highest BCUT2D eigenvalue weighted by Gasteiger charge is 2.27. The van der Waals surface area contributed by atoms with Crippen LogP contribution in [0.5, 0.6) is 0 Å². The number of benzene rings is 2. The maximum Gasteiger partial charge on any atom is 0.290 e. The predicted molar refractivity (Wildman–Crippen MR) is 133 cm³/mol. The lowest BCUT2D eigenvalue weighted by Gasteiger charge is -2.32. The Morgan fingerprint density at radius 1 is 1.03 bits per heavy atom. The highest BCUT2D eigenvalue weighted by atomic mass is 35.5. The number of amides is 2. The second-order valence-electron chi connectivity index (χ2n) is 8.57. The van der Waals surface area contributed by atoms with Gasteiger partial charge in [0.25, 0.3) is 11.8 Å². The molecule has 0 aliphatic rings. The first kappa shape index (κ1) is 24.4. The van der Waals surface area contributed by atoms with Crippen LogP contribution in [0.3, 0.4) is 0 Å². The van der Waals surface area contributed by atoms with Crippen LogP contribution in [0, 0.1) is 5.92 Å². The Kier molecular flexibility index (Phi) is 7.82. The summed E-state index contributed by atoms with van der Waals surface area (Å²) in [6.07, 6.45) is 1.50.